The van der Waals surface area contributed by atoms with Gasteiger partial charge in [-0.05, 0) is 13.0 Å². The molecule has 0 bridgehead atoms. The molecule has 6 heteroatoms. The van der Waals surface area contributed by atoms with Crippen molar-refractivity contribution in [1.29, 1.82) is 0 Å². The summed E-state index contributed by atoms with van der Waals surface area (Å²) in [6.45, 7) is 3.76. The van der Waals surface area contributed by atoms with Gasteiger partial charge in [-0.1, -0.05) is 13.5 Å². The molecule has 0 rings (SSSR count). The molecule has 0 atom stereocenters. The molecule has 15 heavy (non-hydrogen) atoms. The van der Waals surface area contributed by atoms with Crippen LogP contribution in [0.1, 0.15) is 13.3 Å². The minimum atomic E-state index is -4.31. The van der Waals surface area contributed by atoms with Gasteiger partial charge in [0.1, 0.15) is 0 Å². The number of halogens is 3. The zero-order valence-electron chi connectivity index (χ0n) is 8.47. The average molecular weight is 225 g/mol. The largest absolute Gasteiger partial charge is 0.478 e. The molecule has 0 aliphatic carbocycles. The van der Waals surface area contributed by atoms with Gasteiger partial charge in [0.05, 0.1) is 6.54 Å². The Morgan fingerprint density at radius 1 is 1.47 bits per heavy atom. The van der Waals surface area contributed by atoms with Gasteiger partial charge in [-0.25, -0.2) is 4.79 Å². The summed E-state index contributed by atoms with van der Waals surface area (Å²) in [6.07, 6.45) is -3.78. The van der Waals surface area contributed by atoms with Crippen LogP contribution in [0.3, 0.4) is 0 Å². The van der Waals surface area contributed by atoms with Crippen molar-refractivity contribution in [2.45, 2.75) is 19.5 Å². The van der Waals surface area contributed by atoms with E-state index in [4.69, 9.17) is 5.11 Å². The van der Waals surface area contributed by atoms with Gasteiger partial charge in [0.2, 0.25) is 0 Å². The molecular formula is C9H14F3NO2. The summed E-state index contributed by atoms with van der Waals surface area (Å²) in [5, 5.41) is 8.49. The van der Waals surface area contributed by atoms with E-state index in [2.05, 4.69) is 6.58 Å². The van der Waals surface area contributed by atoms with Crippen LogP contribution in [-0.2, 0) is 4.79 Å². The van der Waals surface area contributed by atoms with Crippen molar-refractivity contribution in [3.8, 4) is 0 Å². The minimum Gasteiger partial charge on any atom is -0.478 e. The zero-order chi connectivity index (χ0) is 12.1. The predicted octanol–water partition coefficient (Wildman–Crippen LogP) is 1.90. The topological polar surface area (TPSA) is 40.5 Å². The van der Waals surface area contributed by atoms with Crippen molar-refractivity contribution in [1.82, 2.24) is 4.90 Å². The van der Waals surface area contributed by atoms with Crippen molar-refractivity contribution in [2.75, 3.05) is 19.6 Å². The zero-order valence-corrected chi connectivity index (χ0v) is 8.47. The quantitative estimate of drug-likeness (QED) is 0.702. The van der Waals surface area contributed by atoms with Gasteiger partial charge in [0.15, 0.2) is 0 Å². The number of nitrogens with zero attached hydrogens (tertiary/aromatic N) is 1. The Balaban J connectivity index is 4.28. The third-order valence-electron chi connectivity index (χ3n) is 1.66. The van der Waals surface area contributed by atoms with E-state index < -0.39 is 18.7 Å². The molecule has 0 amide bonds. The highest BCUT2D eigenvalue weighted by atomic mass is 19.4. The molecule has 3 nitrogen and oxygen atoms in total. The maximum absolute atomic E-state index is 12.1. The number of aliphatic carboxylic acids is 1. The highest BCUT2D eigenvalue weighted by Gasteiger charge is 2.30. The summed E-state index contributed by atoms with van der Waals surface area (Å²) in [7, 11) is 0. The van der Waals surface area contributed by atoms with Crippen LogP contribution in [0.4, 0.5) is 13.2 Å². The van der Waals surface area contributed by atoms with Gasteiger partial charge < -0.3 is 5.11 Å². The van der Waals surface area contributed by atoms with Gasteiger partial charge in [-0.3, -0.25) is 4.90 Å². The SMILES string of the molecule is C=C(CN(CCC)CC(F)(F)F)C(=O)O. The molecule has 0 aromatic rings. The van der Waals surface area contributed by atoms with Gasteiger partial charge in [0, 0.05) is 12.1 Å². The lowest BCUT2D eigenvalue weighted by molar-refractivity contribution is -0.146. The summed E-state index contributed by atoms with van der Waals surface area (Å²) in [5.74, 6) is -1.27. The molecule has 0 heterocycles. The van der Waals surface area contributed by atoms with E-state index in [1.165, 1.54) is 0 Å². The number of carboxylic acid groups (broad SMARTS) is 1. The van der Waals surface area contributed by atoms with Gasteiger partial charge in [-0.15, -0.1) is 0 Å². The molecule has 0 aromatic carbocycles. The Hall–Kier alpha value is -1.04. The monoisotopic (exact) mass is 225 g/mol. The van der Waals surface area contributed by atoms with E-state index in [1.54, 1.807) is 6.92 Å². The first kappa shape index (κ1) is 14.0. The van der Waals surface area contributed by atoms with Crippen LogP contribution in [0.25, 0.3) is 0 Å². The molecule has 0 fully saturated rings. The van der Waals surface area contributed by atoms with Crippen molar-refractivity contribution in [3.05, 3.63) is 12.2 Å². The molecule has 1 N–H and O–H groups in total. The lowest BCUT2D eigenvalue weighted by Crippen LogP contribution is -2.37. The smallest absolute Gasteiger partial charge is 0.401 e. The van der Waals surface area contributed by atoms with Crippen LogP contribution < -0.4 is 0 Å². The first-order valence-corrected chi connectivity index (χ1v) is 4.46. The molecule has 0 spiro atoms. The van der Waals surface area contributed by atoms with Crippen molar-refractivity contribution in [3.63, 3.8) is 0 Å². The second-order valence-electron chi connectivity index (χ2n) is 3.23. The van der Waals surface area contributed by atoms with Crippen LogP contribution in [0, 0.1) is 0 Å². The second-order valence-corrected chi connectivity index (χ2v) is 3.23. The Labute approximate surface area is 86.2 Å². The highest BCUT2D eigenvalue weighted by molar-refractivity contribution is 5.86. The molecule has 0 unspecified atom stereocenters. The standard InChI is InChI=1S/C9H14F3NO2/c1-3-4-13(6-9(10,11)12)5-7(2)8(14)15/h2-6H2,1H3,(H,14,15). The van der Waals surface area contributed by atoms with Gasteiger partial charge >= 0.3 is 12.1 Å². The Morgan fingerprint density at radius 2 is 2.00 bits per heavy atom. The lowest BCUT2D eigenvalue weighted by Gasteiger charge is -2.22. The number of carboxylic acids is 1. The van der Waals surface area contributed by atoms with Crippen LogP contribution in [-0.4, -0.2) is 41.8 Å². The molecule has 0 radical (unpaired) electrons. The number of hydrogen-bond donors (Lipinski definition) is 1. The van der Waals surface area contributed by atoms with E-state index in [-0.39, 0.29) is 18.7 Å². The first-order valence-electron chi connectivity index (χ1n) is 4.46. The molecule has 0 saturated heterocycles. The maximum atomic E-state index is 12.1. The van der Waals surface area contributed by atoms with Crippen molar-refractivity contribution in [2.24, 2.45) is 0 Å². The second kappa shape index (κ2) is 5.75. The number of rotatable bonds is 6. The van der Waals surface area contributed by atoms with Gasteiger partial charge in [-0.2, -0.15) is 13.2 Å². The Kier molecular flexibility index (Phi) is 5.35. The predicted molar refractivity (Wildman–Crippen MR) is 49.6 cm³/mol. The fourth-order valence-corrected chi connectivity index (χ4v) is 1.12. The Bertz CT molecular complexity index is 238. The number of carbonyl (C=O) groups is 1. The third-order valence-corrected chi connectivity index (χ3v) is 1.66. The third kappa shape index (κ3) is 6.96. The first-order chi connectivity index (χ1) is 6.76. The van der Waals surface area contributed by atoms with Crippen LogP contribution >= 0.6 is 0 Å². The van der Waals surface area contributed by atoms with Crippen LogP contribution in [0.15, 0.2) is 12.2 Å². The van der Waals surface area contributed by atoms with Crippen molar-refractivity contribution < 1.29 is 23.1 Å². The van der Waals surface area contributed by atoms with E-state index >= 15 is 0 Å². The summed E-state index contributed by atoms with van der Waals surface area (Å²) < 4.78 is 36.2. The molecule has 0 aromatic heterocycles. The molecular weight excluding hydrogens is 211 g/mol. The molecule has 0 saturated carbocycles. The summed E-state index contributed by atoms with van der Waals surface area (Å²) in [4.78, 5) is 11.4. The van der Waals surface area contributed by atoms with Crippen LogP contribution in [0.5, 0.6) is 0 Å². The summed E-state index contributed by atoms with van der Waals surface area (Å²) >= 11 is 0. The highest BCUT2D eigenvalue weighted by Crippen LogP contribution is 2.17. The average Bonchev–Trinajstić information content (AvgIpc) is 2.00. The fraction of sp³-hybridized carbons (Fsp3) is 0.667. The van der Waals surface area contributed by atoms with Crippen molar-refractivity contribution >= 4 is 5.97 Å². The maximum Gasteiger partial charge on any atom is 0.401 e. The van der Waals surface area contributed by atoms with Gasteiger partial charge in [0.25, 0.3) is 0 Å². The summed E-state index contributed by atoms with van der Waals surface area (Å²) in [6, 6.07) is 0. The van der Waals surface area contributed by atoms with E-state index in [0.29, 0.717) is 6.42 Å². The summed E-state index contributed by atoms with van der Waals surface area (Å²) in [5.41, 5.74) is -0.229. The minimum absolute atomic E-state index is 0.200. The molecule has 88 valence electrons. The fourth-order valence-electron chi connectivity index (χ4n) is 1.12. The number of alkyl halides is 3. The lowest BCUT2D eigenvalue weighted by atomic mass is 10.2. The number of hydrogen-bond acceptors (Lipinski definition) is 2. The van der Waals surface area contributed by atoms with E-state index in [0.717, 1.165) is 4.90 Å². The molecule has 0 aliphatic rings. The normalized spacial score (nSPS) is 11.8. The van der Waals surface area contributed by atoms with E-state index in [1.807, 2.05) is 0 Å². The van der Waals surface area contributed by atoms with E-state index in [9.17, 15) is 18.0 Å². The molecule has 0 aliphatic heterocycles. The Morgan fingerprint density at radius 3 is 2.33 bits per heavy atom. The van der Waals surface area contributed by atoms with Crippen LogP contribution in [0.2, 0.25) is 0 Å².